The maximum Gasteiger partial charge on any atom is 0.100 e. The maximum absolute atomic E-state index is 5.33. The number of nitrogens with one attached hydrogen (secondary N) is 1. The van der Waals surface area contributed by atoms with Gasteiger partial charge in [0.1, 0.15) is 6.10 Å². The predicted molar refractivity (Wildman–Crippen MR) is 58.1 cm³/mol. The second-order valence-corrected chi connectivity index (χ2v) is 3.90. The van der Waals surface area contributed by atoms with Gasteiger partial charge in [0.05, 0.1) is 24.5 Å². The molecular weight excluding hydrogens is 208 g/mol. The van der Waals surface area contributed by atoms with Gasteiger partial charge in [-0.15, -0.1) is 5.10 Å². The first kappa shape index (κ1) is 11.5. The van der Waals surface area contributed by atoms with Crippen LogP contribution in [0.5, 0.6) is 0 Å². The third-order valence-electron chi connectivity index (χ3n) is 2.81. The minimum absolute atomic E-state index is 0.0330. The van der Waals surface area contributed by atoms with Crippen LogP contribution in [0, 0.1) is 0 Å². The quantitative estimate of drug-likeness (QED) is 0.739. The van der Waals surface area contributed by atoms with Gasteiger partial charge in [-0.1, -0.05) is 5.21 Å². The topological polar surface area (TPSA) is 61.2 Å². The van der Waals surface area contributed by atoms with Crippen LogP contribution in [0.1, 0.15) is 11.4 Å². The van der Waals surface area contributed by atoms with Crippen molar-refractivity contribution in [2.24, 2.45) is 0 Å². The lowest BCUT2D eigenvalue weighted by Crippen LogP contribution is -2.29. The average Bonchev–Trinajstić information content (AvgIpc) is 2.72. The van der Waals surface area contributed by atoms with E-state index in [1.165, 1.54) is 5.69 Å². The molecule has 1 N–H and O–H groups in total. The Morgan fingerprint density at radius 1 is 1.50 bits per heavy atom. The fraction of sp³-hybridized carbons (Fsp3) is 0.800. The van der Waals surface area contributed by atoms with E-state index in [-0.39, 0.29) is 6.10 Å². The SMILES string of the molecule is COCC(Cn1nnc2c1CCNC2)OC. The van der Waals surface area contributed by atoms with E-state index in [9.17, 15) is 0 Å². The number of ether oxygens (including phenoxy) is 2. The number of hydrogen-bond acceptors (Lipinski definition) is 5. The Bertz CT molecular complexity index is 340. The van der Waals surface area contributed by atoms with Crippen molar-refractivity contribution in [2.45, 2.75) is 25.6 Å². The number of methoxy groups -OCH3 is 2. The van der Waals surface area contributed by atoms with Crippen molar-refractivity contribution in [1.82, 2.24) is 20.3 Å². The minimum Gasteiger partial charge on any atom is -0.382 e. The van der Waals surface area contributed by atoms with Gasteiger partial charge in [-0.2, -0.15) is 0 Å². The molecule has 1 unspecified atom stereocenters. The third-order valence-corrected chi connectivity index (χ3v) is 2.81. The molecule has 0 fully saturated rings. The van der Waals surface area contributed by atoms with Crippen molar-refractivity contribution in [3.63, 3.8) is 0 Å². The monoisotopic (exact) mass is 226 g/mol. The molecule has 6 heteroatoms. The van der Waals surface area contributed by atoms with Gasteiger partial charge in [0, 0.05) is 33.7 Å². The van der Waals surface area contributed by atoms with Crippen molar-refractivity contribution in [2.75, 3.05) is 27.4 Å². The molecule has 2 heterocycles. The van der Waals surface area contributed by atoms with E-state index in [1.54, 1.807) is 14.2 Å². The Balaban J connectivity index is 2.05. The summed E-state index contributed by atoms with van der Waals surface area (Å²) in [5.41, 5.74) is 2.27. The largest absolute Gasteiger partial charge is 0.382 e. The van der Waals surface area contributed by atoms with Crippen LogP contribution in [0.2, 0.25) is 0 Å². The Labute approximate surface area is 94.9 Å². The van der Waals surface area contributed by atoms with E-state index in [4.69, 9.17) is 9.47 Å². The highest BCUT2D eigenvalue weighted by atomic mass is 16.5. The van der Waals surface area contributed by atoms with Gasteiger partial charge in [-0.3, -0.25) is 0 Å². The molecule has 90 valence electrons. The molecule has 2 rings (SSSR count). The number of hydrogen-bond donors (Lipinski definition) is 1. The third kappa shape index (κ3) is 2.40. The molecule has 1 aromatic heterocycles. The van der Waals surface area contributed by atoms with Crippen LogP contribution in [0.25, 0.3) is 0 Å². The first-order valence-electron chi connectivity index (χ1n) is 5.49. The van der Waals surface area contributed by atoms with Crippen molar-refractivity contribution < 1.29 is 9.47 Å². The zero-order chi connectivity index (χ0) is 11.4. The second kappa shape index (κ2) is 5.38. The molecule has 0 amide bonds. The summed E-state index contributed by atoms with van der Waals surface area (Å²) in [5, 5.41) is 11.6. The van der Waals surface area contributed by atoms with Crippen molar-refractivity contribution in [1.29, 1.82) is 0 Å². The Morgan fingerprint density at radius 2 is 2.38 bits per heavy atom. The van der Waals surface area contributed by atoms with E-state index in [2.05, 4.69) is 15.6 Å². The van der Waals surface area contributed by atoms with Crippen molar-refractivity contribution in [3.05, 3.63) is 11.4 Å². The molecule has 1 atom stereocenters. The zero-order valence-corrected chi connectivity index (χ0v) is 9.77. The summed E-state index contributed by atoms with van der Waals surface area (Å²) >= 11 is 0. The van der Waals surface area contributed by atoms with Crippen LogP contribution in [-0.2, 0) is 29.0 Å². The van der Waals surface area contributed by atoms with Gasteiger partial charge >= 0.3 is 0 Å². The van der Waals surface area contributed by atoms with Crippen LogP contribution in [0.3, 0.4) is 0 Å². The van der Waals surface area contributed by atoms with Gasteiger partial charge in [0.25, 0.3) is 0 Å². The highest BCUT2D eigenvalue weighted by Gasteiger charge is 2.18. The Kier molecular flexibility index (Phi) is 3.87. The lowest BCUT2D eigenvalue weighted by Gasteiger charge is -2.17. The molecule has 0 aliphatic carbocycles. The van der Waals surface area contributed by atoms with Crippen LogP contribution < -0.4 is 5.32 Å². The summed E-state index contributed by atoms with van der Waals surface area (Å²) in [4.78, 5) is 0. The summed E-state index contributed by atoms with van der Waals surface area (Å²) in [6.07, 6.45) is 1.01. The van der Waals surface area contributed by atoms with Crippen molar-refractivity contribution >= 4 is 0 Å². The van der Waals surface area contributed by atoms with E-state index < -0.39 is 0 Å². The standard InChI is InChI=1S/C10H18N4O2/c1-15-7-8(16-2)6-14-10-3-4-11-5-9(10)12-13-14/h8,11H,3-7H2,1-2H3. The predicted octanol–water partition coefficient (Wildman–Crippen LogP) is -0.415. The number of fused-ring (bicyclic) bond motifs is 1. The molecule has 1 aliphatic rings. The Morgan fingerprint density at radius 3 is 3.12 bits per heavy atom. The number of rotatable bonds is 5. The highest BCUT2D eigenvalue weighted by molar-refractivity contribution is 5.13. The lowest BCUT2D eigenvalue weighted by atomic mass is 10.2. The molecule has 0 saturated heterocycles. The maximum atomic E-state index is 5.33. The second-order valence-electron chi connectivity index (χ2n) is 3.90. The van der Waals surface area contributed by atoms with Crippen molar-refractivity contribution in [3.8, 4) is 0 Å². The van der Waals surface area contributed by atoms with Crippen LogP contribution in [0.15, 0.2) is 0 Å². The minimum atomic E-state index is 0.0330. The van der Waals surface area contributed by atoms with E-state index in [1.807, 2.05) is 4.68 Å². The molecule has 0 aromatic carbocycles. The van der Waals surface area contributed by atoms with E-state index in [0.717, 1.165) is 25.2 Å². The Hall–Kier alpha value is -0.980. The fourth-order valence-corrected chi connectivity index (χ4v) is 1.91. The van der Waals surface area contributed by atoms with E-state index >= 15 is 0 Å². The molecule has 1 aliphatic heterocycles. The zero-order valence-electron chi connectivity index (χ0n) is 9.77. The molecule has 16 heavy (non-hydrogen) atoms. The smallest absolute Gasteiger partial charge is 0.100 e. The highest BCUT2D eigenvalue weighted by Crippen LogP contribution is 2.11. The molecule has 0 spiro atoms. The summed E-state index contributed by atoms with van der Waals surface area (Å²) in [7, 11) is 3.36. The first-order valence-corrected chi connectivity index (χ1v) is 5.49. The summed E-state index contributed by atoms with van der Waals surface area (Å²) in [5.74, 6) is 0. The lowest BCUT2D eigenvalue weighted by molar-refractivity contribution is 0.0155. The molecule has 0 radical (unpaired) electrons. The van der Waals surface area contributed by atoms with Gasteiger partial charge in [-0.05, 0) is 0 Å². The number of nitrogens with zero attached hydrogens (tertiary/aromatic N) is 3. The average molecular weight is 226 g/mol. The molecule has 1 aromatic rings. The van der Waals surface area contributed by atoms with Gasteiger partial charge in [0.15, 0.2) is 0 Å². The number of aromatic nitrogens is 3. The summed E-state index contributed by atoms with van der Waals surface area (Å²) < 4.78 is 12.3. The summed E-state index contributed by atoms with van der Waals surface area (Å²) in [6, 6.07) is 0. The molecular formula is C10H18N4O2. The normalized spacial score (nSPS) is 17.1. The van der Waals surface area contributed by atoms with Crippen LogP contribution >= 0.6 is 0 Å². The molecule has 0 bridgehead atoms. The first-order chi connectivity index (χ1) is 7.85. The van der Waals surface area contributed by atoms with Gasteiger partial charge in [0.2, 0.25) is 0 Å². The van der Waals surface area contributed by atoms with Crippen LogP contribution in [0.4, 0.5) is 0 Å². The fourth-order valence-electron chi connectivity index (χ4n) is 1.91. The molecule has 0 saturated carbocycles. The molecule has 6 nitrogen and oxygen atoms in total. The van der Waals surface area contributed by atoms with Gasteiger partial charge in [-0.25, -0.2) is 4.68 Å². The van der Waals surface area contributed by atoms with E-state index in [0.29, 0.717) is 13.2 Å². The van der Waals surface area contributed by atoms with Gasteiger partial charge < -0.3 is 14.8 Å². The van der Waals surface area contributed by atoms with Crippen LogP contribution in [-0.4, -0.2) is 48.5 Å². The summed E-state index contributed by atoms with van der Waals surface area (Å²) in [6.45, 7) is 3.08.